The van der Waals surface area contributed by atoms with Crippen LogP contribution < -0.4 is 9.64 Å². The van der Waals surface area contributed by atoms with Gasteiger partial charge in [-0.15, -0.1) is 0 Å². The number of nitrogens with zero attached hydrogens (tertiary/aromatic N) is 2. The fourth-order valence-electron chi connectivity index (χ4n) is 4.68. The molecule has 6 rings (SSSR count). The van der Waals surface area contributed by atoms with Crippen molar-refractivity contribution < 1.29 is 9.53 Å². The monoisotopic (exact) mass is 608 g/mol. The molecule has 0 unspecified atom stereocenters. The van der Waals surface area contributed by atoms with Crippen LogP contribution >= 0.6 is 35.0 Å². The van der Waals surface area contributed by atoms with Crippen molar-refractivity contribution in [2.45, 2.75) is 20.5 Å². The van der Waals surface area contributed by atoms with Gasteiger partial charge in [0.15, 0.2) is 5.17 Å². The Morgan fingerprint density at radius 2 is 1.57 bits per heavy atom. The van der Waals surface area contributed by atoms with Crippen molar-refractivity contribution in [1.29, 1.82) is 0 Å². The summed E-state index contributed by atoms with van der Waals surface area (Å²) in [5.41, 5.74) is 5.44. The highest BCUT2D eigenvalue weighted by molar-refractivity contribution is 8.19. The summed E-state index contributed by atoms with van der Waals surface area (Å²) in [5.74, 6) is 0.501. The average Bonchev–Trinajstić information content (AvgIpc) is 3.29. The van der Waals surface area contributed by atoms with Crippen molar-refractivity contribution in [2.24, 2.45) is 4.99 Å². The van der Waals surface area contributed by atoms with Crippen molar-refractivity contribution >= 4 is 74.3 Å². The molecule has 0 aromatic heterocycles. The van der Waals surface area contributed by atoms with Crippen molar-refractivity contribution in [2.75, 3.05) is 4.90 Å². The lowest BCUT2D eigenvalue weighted by molar-refractivity contribution is -0.113. The summed E-state index contributed by atoms with van der Waals surface area (Å²) in [5, 5.41) is 3.72. The number of aliphatic imine (C=N–C) groups is 1. The topological polar surface area (TPSA) is 41.9 Å². The minimum atomic E-state index is -0.144. The number of aryl methyl sites for hydroxylation is 2. The number of amidine groups is 1. The highest BCUT2D eigenvalue weighted by Gasteiger charge is 2.35. The Morgan fingerprint density at radius 3 is 2.31 bits per heavy atom. The number of hydrogen-bond acceptors (Lipinski definition) is 4. The standard InChI is InChI=1S/C35H26Cl2N2O2S/c1-22-7-14-27(15-8-22)38-35-39(28-16-9-23(2)10-17-28)34(40)33(42-35)20-30-29-6-4-3-5-24(29)12-18-32(30)41-21-25-11-13-26(36)19-31(25)37/h3-20H,21H2,1-2H3/b33-20-,38-35?. The predicted molar refractivity (Wildman–Crippen MR) is 177 cm³/mol. The Morgan fingerprint density at radius 1 is 0.857 bits per heavy atom. The molecule has 0 radical (unpaired) electrons. The van der Waals surface area contributed by atoms with Gasteiger partial charge in [-0.1, -0.05) is 95.0 Å². The summed E-state index contributed by atoms with van der Waals surface area (Å²) in [6.07, 6.45) is 1.91. The maximum atomic E-state index is 14.0. The van der Waals surface area contributed by atoms with Gasteiger partial charge in [0.25, 0.3) is 5.91 Å². The minimum Gasteiger partial charge on any atom is -0.488 e. The van der Waals surface area contributed by atoms with Gasteiger partial charge in [-0.25, -0.2) is 4.99 Å². The van der Waals surface area contributed by atoms with Crippen LogP contribution in [0.15, 0.2) is 113 Å². The number of rotatable bonds is 6. The first-order valence-electron chi connectivity index (χ1n) is 13.4. The number of benzene rings is 5. The second kappa shape index (κ2) is 12.1. The summed E-state index contributed by atoms with van der Waals surface area (Å²) < 4.78 is 6.32. The van der Waals surface area contributed by atoms with E-state index in [0.29, 0.717) is 25.9 Å². The summed E-state index contributed by atoms with van der Waals surface area (Å²) in [7, 11) is 0. The van der Waals surface area contributed by atoms with Gasteiger partial charge in [0.1, 0.15) is 12.4 Å². The number of carbonyl (C=O) groups excluding carboxylic acids is 1. The van der Waals surface area contributed by atoms with Gasteiger partial charge >= 0.3 is 0 Å². The van der Waals surface area contributed by atoms with E-state index in [1.165, 1.54) is 11.8 Å². The fourth-order valence-corrected chi connectivity index (χ4v) is 6.12. The van der Waals surface area contributed by atoms with Crippen LogP contribution in [0.25, 0.3) is 16.8 Å². The van der Waals surface area contributed by atoms with Crippen LogP contribution in [0.4, 0.5) is 11.4 Å². The van der Waals surface area contributed by atoms with Crippen molar-refractivity contribution in [3.8, 4) is 5.75 Å². The molecule has 1 aliphatic rings. The molecular formula is C35H26Cl2N2O2S. The Hall–Kier alpha value is -4.03. The van der Waals surface area contributed by atoms with Crippen LogP contribution in [0.3, 0.4) is 0 Å². The molecule has 0 spiro atoms. The molecule has 5 aromatic rings. The molecule has 0 atom stereocenters. The average molecular weight is 610 g/mol. The van der Waals surface area contributed by atoms with E-state index in [0.717, 1.165) is 44.4 Å². The predicted octanol–water partition coefficient (Wildman–Crippen LogP) is 10.2. The summed E-state index contributed by atoms with van der Waals surface area (Å²) in [6.45, 7) is 4.31. The van der Waals surface area contributed by atoms with E-state index in [1.54, 1.807) is 17.0 Å². The van der Waals surface area contributed by atoms with Gasteiger partial charge in [0.05, 0.1) is 16.3 Å². The number of hydrogen-bond donors (Lipinski definition) is 0. The van der Waals surface area contributed by atoms with Crippen molar-refractivity contribution in [3.05, 3.63) is 140 Å². The fraction of sp³-hybridized carbons (Fsp3) is 0.0857. The van der Waals surface area contributed by atoms with Crippen LogP contribution in [0.2, 0.25) is 10.0 Å². The molecule has 1 saturated heterocycles. The second-order valence-electron chi connectivity index (χ2n) is 10.0. The van der Waals surface area contributed by atoms with Crippen LogP contribution in [-0.2, 0) is 11.4 Å². The second-order valence-corrected chi connectivity index (χ2v) is 11.9. The third-order valence-electron chi connectivity index (χ3n) is 6.96. The molecule has 7 heteroatoms. The summed E-state index contributed by atoms with van der Waals surface area (Å²) in [6, 6.07) is 33.2. The molecule has 0 bridgehead atoms. The highest BCUT2D eigenvalue weighted by Crippen LogP contribution is 2.40. The number of fused-ring (bicyclic) bond motifs is 1. The third kappa shape index (κ3) is 5.95. The van der Waals surface area contributed by atoms with Gasteiger partial charge in [0, 0.05) is 21.2 Å². The molecule has 0 aliphatic carbocycles. The molecule has 0 N–H and O–H groups in total. The summed E-state index contributed by atoms with van der Waals surface area (Å²) >= 11 is 13.9. The van der Waals surface area contributed by atoms with Crippen LogP contribution in [-0.4, -0.2) is 11.1 Å². The van der Waals surface area contributed by atoms with E-state index in [4.69, 9.17) is 32.9 Å². The zero-order chi connectivity index (χ0) is 29.2. The number of thioether (sulfide) groups is 1. The first kappa shape index (κ1) is 28.1. The van der Waals surface area contributed by atoms with E-state index in [9.17, 15) is 4.79 Å². The number of halogens is 2. The number of carbonyl (C=O) groups is 1. The first-order valence-corrected chi connectivity index (χ1v) is 15.0. The third-order valence-corrected chi connectivity index (χ3v) is 8.52. The van der Waals surface area contributed by atoms with Crippen LogP contribution in [0, 0.1) is 13.8 Å². The van der Waals surface area contributed by atoms with Crippen molar-refractivity contribution in [1.82, 2.24) is 0 Å². The Kier molecular flexibility index (Phi) is 8.07. The van der Waals surface area contributed by atoms with Crippen molar-refractivity contribution in [3.63, 3.8) is 0 Å². The molecular weight excluding hydrogens is 583 g/mol. The zero-order valence-corrected chi connectivity index (χ0v) is 25.3. The number of ether oxygens (including phenoxy) is 1. The summed E-state index contributed by atoms with van der Waals surface area (Å²) in [4.78, 5) is 21.1. The maximum Gasteiger partial charge on any atom is 0.271 e. The quantitative estimate of drug-likeness (QED) is 0.180. The largest absolute Gasteiger partial charge is 0.488 e. The molecule has 5 aromatic carbocycles. The molecule has 0 saturated carbocycles. The molecule has 42 heavy (non-hydrogen) atoms. The van der Waals surface area contributed by atoms with Crippen LogP contribution in [0.5, 0.6) is 5.75 Å². The number of amides is 1. The van der Waals surface area contributed by atoms with Gasteiger partial charge in [-0.05, 0) is 84.9 Å². The smallest absolute Gasteiger partial charge is 0.271 e. The maximum absolute atomic E-state index is 14.0. The van der Waals surface area contributed by atoms with E-state index < -0.39 is 0 Å². The minimum absolute atomic E-state index is 0.144. The van der Waals surface area contributed by atoms with E-state index in [-0.39, 0.29) is 12.5 Å². The highest BCUT2D eigenvalue weighted by atomic mass is 35.5. The SMILES string of the molecule is Cc1ccc(N=C2S/C(=C\c3c(OCc4ccc(Cl)cc4Cl)ccc4ccccc34)C(=O)N2c2ccc(C)cc2)cc1. The molecule has 1 amide bonds. The number of anilines is 1. The first-order chi connectivity index (χ1) is 20.4. The lowest BCUT2D eigenvalue weighted by Gasteiger charge is -2.16. The van der Waals surface area contributed by atoms with Crippen LogP contribution in [0.1, 0.15) is 22.3 Å². The van der Waals surface area contributed by atoms with Gasteiger partial charge in [0.2, 0.25) is 0 Å². The van der Waals surface area contributed by atoms with Gasteiger partial charge in [-0.2, -0.15) is 0 Å². The zero-order valence-electron chi connectivity index (χ0n) is 23.0. The molecule has 208 valence electrons. The van der Waals surface area contributed by atoms with E-state index in [1.807, 2.05) is 111 Å². The van der Waals surface area contributed by atoms with E-state index in [2.05, 4.69) is 0 Å². The molecule has 1 fully saturated rings. The normalized spacial score (nSPS) is 15.2. The Balaban J connectivity index is 1.43. The molecule has 1 aliphatic heterocycles. The lowest BCUT2D eigenvalue weighted by Crippen LogP contribution is -2.28. The van der Waals surface area contributed by atoms with E-state index >= 15 is 0 Å². The van der Waals surface area contributed by atoms with Gasteiger partial charge < -0.3 is 4.74 Å². The van der Waals surface area contributed by atoms with Gasteiger partial charge in [-0.3, -0.25) is 9.69 Å². The Bertz CT molecular complexity index is 1870. The molecule has 1 heterocycles. The Labute approximate surface area is 259 Å². The lowest BCUT2D eigenvalue weighted by atomic mass is 10.0. The molecule has 4 nitrogen and oxygen atoms in total.